The second kappa shape index (κ2) is 5.81. The molecule has 116 valence electrons. The SMILES string of the molecule is CSC1(CN2CC(C)(C3CC3)NCC2C)CCCCC1. The Labute approximate surface area is 129 Å². The van der Waals surface area contributed by atoms with Gasteiger partial charge in [0.05, 0.1) is 0 Å². The summed E-state index contributed by atoms with van der Waals surface area (Å²) in [5.74, 6) is 0.939. The zero-order valence-electron chi connectivity index (χ0n) is 13.6. The largest absolute Gasteiger partial charge is 0.308 e. The molecule has 3 fully saturated rings. The number of hydrogen-bond donors (Lipinski definition) is 1. The highest BCUT2D eigenvalue weighted by molar-refractivity contribution is 8.00. The molecule has 0 radical (unpaired) electrons. The van der Waals surface area contributed by atoms with Gasteiger partial charge >= 0.3 is 0 Å². The fourth-order valence-corrected chi connectivity index (χ4v) is 5.33. The van der Waals surface area contributed by atoms with Crippen LogP contribution in [0.5, 0.6) is 0 Å². The minimum atomic E-state index is 0.390. The lowest BCUT2D eigenvalue weighted by Crippen LogP contribution is -2.65. The summed E-state index contributed by atoms with van der Waals surface area (Å²) >= 11 is 2.15. The van der Waals surface area contributed by atoms with Crippen molar-refractivity contribution in [1.29, 1.82) is 0 Å². The first kappa shape index (κ1) is 15.2. The van der Waals surface area contributed by atoms with E-state index in [0.29, 0.717) is 16.3 Å². The molecule has 1 N–H and O–H groups in total. The monoisotopic (exact) mass is 296 g/mol. The van der Waals surface area contributed by atoms with Gasteiger partial charge in [-0.15, -0.1) is 0 Å². The first-order chi connectivity index (χ1) is 9.57. The molecule has 3 heteroatoms. The van der Waals surface area contributed by atoms with E-state index < -0.39 is 0 Å². The predicted molar refractivity (Wildman–Crippen MR) is 89.5 cm³/mol. The summed E-state index contributed by atoms with van der Waals surface area (Å²) in [5, 5.41) is 3.86. The minimum absolute atomic E-state index is 0.390. The number of rotatable bonds is 4. The first-order valence-corrected chi connectivity index (χ1v) is 9.84. The van der Waals surface area contributed by atoms with Gasteiger partial charge in [0.25, 0.3) is 0 Å². The quantitative estimate of drug-likeness (QED) is 0.854. The Hall–Kier alpha value is 0.270. The van der Waals surface area contributed by atoms with E-state index in [-0.39, 0.29) is 0 Å². The Kier molecular flexibility index (Phi) is 4.41. The molecule has 0 aromatic rings. The van der Waals surface area contributed by atoms with Gasteiger partial charge in [-0.2, -0.15) is 11.8 Å². The molecule has 0 bridgehead atoms. The number of thioether (sulfide) groups is 1. The van der Waals surface area contributed by atoms with Crippen LogP contribution in [0, 0.1) is 5.92 Å². The molecular weight excluding hydrogens is 264 g/mol. The lowest BCUT2D eigenvalue weighted by atomic mass is 9.85. The van der Waals surface area contributed by atoms with E-state index in [4.69, 9.17) is 0 Å². The Bertz CT molecular complexity index is 336. The second-order valence-corrected chi connectivity index (χ2v) is 9.05. The highest BCUT2D eigenvalue weighted by atomic mass is 32.2. The van der Waals surface area contributed by atoms with Crippen LogP contribution in [0.1, 0.15) is 58.8 Å². The van der Waals surface area contributed by atoms with Crippen LogP contribution in [-0.4, -0.2) is 47.1 Å². The third-order valence-corrected chi connectivity index (χ3v) is 7.53. The van der Waals surface area contributed by atoms with Gasteiger partial charge in [-0.1, -0.05) is 19.3 Å². The third kappa shape index (κ3) is 3.05. The van der Waals surface area contributed by atoms with Crippen LogP contribution < -0.4 is 5.32 Å². The van der Waals surface area contributed by atoms with Crippen LogP contribution >= 0.6 is 11.8 Å². The van der Waals surface area contributed by atoms with E-state index in [0.717, 1.165) is 5.92 Å². The Morgan fingerprint density at radius 3 is 2.50 bits per heavy atom. The van der Waals surface area contributed by atoms with Crippen LogP contribution in [0.3, 0.4) is 0 Å². The standard InChI is InChI=1S/C17H32N2S/c1-14-11-18-16(2,15-7-8-15)12-19(14)13-17(20-3)9-5-4-6-10-17/h14-15,18H,4-13H2,1-3H3. The van der Waals surface area contributed by atoms with E-state index in [1.807, 2.05) is 0 Å². The average Bonchev–Trinajstić information content (AvgIpc) is 3.29. The summed E-state index contributed by atoms with van der Waals surface area (Å²) in [5.41, 5.74) is 0.390. The Balaban J connectivity index is 1.67. The summed E-state index contributed by atoms with van der Waals surface area (Å²) in [6.07, 6.45) is 12.5. The summed E-state index contributed by atoms with van der Waals surface area (Å²) in [6, 6.07) is 0.702. The number of nitrogens with zero attached hydrogens (tertiary/aromatic N) is 1. The summed E-state index contributed by atoms with van der Waals surface area (Å²) in [7, 11) is 0. The van der Waals surface area contributed by atoms with Gasteiger partial charge in [-0.3, -0.25) is 4.90 Å². The summed E-state index contributed by atoms with van der Waals surface area (Å²) < 4.78 is 0.550. The molecule has 3 aliphatic rings. The fourth-order valence-electron chi connectivity index (χ4n) is 4.34. The zero-order valence-corrected chi connectivity index (χ0v) is 14.4. The Morgan fingerprint density at radius 1 is 1.20 bits per heavy atom. The van der Waals surface area contributed by atoms with Gasteiger partial charge in [0.2, 0.25) is 0 Å². The van der Waals surface area contributed by atoms with E-state index in [1.165, 1.54) is 64.6 Å². The van der Waals surface area contributed by atoms with Crippen LogP contribution in [0.2, 0.25) is 0 Å². The van der Waals surface area contributed by atoms with Crippen LogP contribution in [0.25, 0.3) is 0 Å². The van der Waals surface area contributed by atoms with Crippen molar-refractivity contribution in [3.8, 4) is 0 Å². The highest BCUT2D eigenvalue weighted by Crippen LogP contribution is 2.43. The van der Waals surface area contributed by atoms with E-state index >= 15 is 0 Å². The summed E-state index contributed by atoms with van der Waals surface area (Å²) in [6.45, 7) is 8.64. The molecule has 2 aliphatic carbocycles. The molecule has 2 nitrogen and oxygen atoms in total. The first-order valence-electron chi connectivity index (χ1n) is 8.61. The molecule has 3 rings (SSSR count). The van der Waals surface area contributed by atoms with Gasteiger partial charge in [0.15, 0.2) is 0 Å². The average molecular weight is 297 g/mol. The molecule has 0 spiro atoms. The van der Waals surface area contributed by atoms with E-state index in [9.17, 15) is 0 Å². The van der Waals surface area contributed by atoms with Crippen molar-refractivity contribution in [1.82, 2.24) is 10.2 Å². The lowest BCUT2D eigenvalue weighted by Gasteiger charge is -2.49. The highest BCUT2D eigenvalue weighted by Gasteiger charge is 2.46. The molecule has 0 aromatic carbocycles. The second-order valence-electron chi connectivity index (χ2n) is 7.77. The maximum atomic E-state index is 3.86. The Morgan fingerprint density at radius 2 is 1.90 bits per heavy atom. The molecule has 2 atom stereocenters. The molecular formula is C17H32N2S. The number of piperazine rings is 1. The maximum absolute atomic E-state index is 3.86. The molecule has 20 heavy (non-hydrogen) atoms. The normalized spacial score (nSPS) is 38.9. The van der Waals surface area contributed by atoms with Crippen molar-refractivity contribution in [2.75, 3.05) is 25.9 Å². The number of hydrogen-bond acceptors (Lipinski definition) is 3. The molecule has 0 amide bonds. The molecule has 2 saturated carbocycles. The fraction of sp³-hybridized carbons (Fsp3) is 1.00. The predicted octanol–water partition coefficient (Wildman–Crippen LogP) is 3.51. The topological polar surface area (TPSA) is 15.3 Å². The third-order valence-electron chi connectivity index (χ3n) is 6.12. The lowest BCUT2D eigenvalue weighted by molar-refractivity contribution is 0.0695. The smallest absolute Gasteiger partial charge is 0.0309 e. The van der Waals surface area contributed by atoms with E-state index in [2.05, 4.69) is 42.1 Å². The van der Waals surface area contributed by atoms with Crippen molar-refractivity contribution < 1.29 is 0 Å². The van der Waals surface area contributed by atoms with Crippen molar-refractivity contribution in [2.45, 2.75) is 75.1 Å². The number of nitrogens with one attached hydrogen (secondary N) is 1. The van der Waals surface area contributed by atoms with Crippen molar-refractivity contribution in [2.24, 2.45) is 5.92 Å². The minimum Gasteiger partial charge on any atom is -0.308 e. The van der Waals surface area contributed by atoms with Gasteiger partial charge in [0.1, 0.15) is 0 Å². The van der Waals surface area contributed by atoms with Crippen molar-refractivity contribution in [3.05, 3.63) is 0 Å². The van der Waals surface area contributed by atoms with Crippen LogP contribution in [-0.2, 0) is 0 Å². The molecule has 1 heterocycles. The maximum Gasteiger partial charge on any atom is 0.0309 e. The van der Waals surface area contributed by atoms with E-state index in [1.54, 1.807) is 0 Å². The van der Waals surface area contributed by atoms with Crippen LogP contribution in [0.15, 0.2) is 0 Å². The van der Waals surface area contributed by atoms with Crippen molar-refractivity contribution in [3.63, 3.8) is 0 Å². The molecule has 2 unspecified atom stereocenters. The summed E-state index contributed by atoms with van der Waals surface area (Å²) in [4.78, 5) is 2.82. The van der Waals surface area contributed by atoms with Gasteiger partial charge in [-0.25, -0.2) is 0 Å². The molecule has 0 aromatic heterocycles. The zero-order chi connectivity index (χ0) is 14.2. The van der Waals surface area contributed by atoms with Gasteiger partial charge < -0.3 is 5.32 Å². The van der Waals surface area contributed by atoms with Crippen LogP contribution in [0.4, 0.5) is 0 Å². The molecule has 1 aliphatic heterocycles. The van der Waals surface area contributed by atoms with Gasteiger partial charge in [-0.05, 0) is 51.7 Å². The van der Waals surface area contributed by atoms with Crippen molar-refractivity contribution >= 4 is 11.8 Å². The van der Waals surface area contributed by atoms with Gasteiger partial charge in [0, 0.05) is 36.0 Å². The molecule has 1 saturated heterocycles.